The van der Waals surface area contributed by atoms with Crippen LogP contribution in [0.3, 0.4) is 0 Å². The fraction of sp³-hybridized carbons (Fsp3) is 0.583. The van der Waals surface area contributed by atoms with E-state index in [4.69, 9.17) is 9.15 Å². The van der Waals surface area contributed by atoms with Crippen molar-refractivity contribution in [3.8, 4) is 0 Å². The van der Waals surface area contributed by atoms with E-state index in [9.17, 15) is 9.59 Å². The van der Waals surface area contributed by atoms with E-state index in [0.29, 0.717) is 19.6 Å². The highest BCUT2D eigenvalue weighted by atomic mass is 16.5. The molecule has 2 N–H and O–H groups in total. The first-order chi connectivity index (χ1) is 9.67. The van der Waals surface area contributed by atoms with E-state index in [1.165, 1.54) is 6.26 Å². The minimum Gasteiger partial charge on any atom is -0.461 e. The van der Waals surface area contributed by atoms with Crippen LogP contribution in [0.25, 0.3) is 0 Å². The molecule has 1 aromatic rings. The van der Waals surface area contributed by atoms with Crippen molar-refractivity contribution >= 4 is 17.9 Å². The minimum absolute atomic E-state index is 0.107. The number of piperazine rings is 1. The van der Waals surface area contributed by atoms with Crippen LogP contribution < -0.4 is 15.5 Å². The molecule has 0 saturated carbocycles. The number of hydrogen-bond acceptors (Lipinski definition) is 7. The number of aromatic nitrogens is 1. The zero-order chi connectivity index (χ0) is 14.5. The van der Waals surface area contributed by atoms with E-state index >= 15 is 0 Å². The molecule has 1 saturated heterocycles. The SMILES string of the molecule is CCOC(=O)c1coc(N2CCNCC2C(=O)NC)n1. The van der Waals surface area contributed by atoms with Gasteiger partial charge >= 0.3 is 5.97 Å². The van der Waals surface area contributed by atoms with Gasteiger partial charge in [-0.1, -0.05) is 0 Å². The summed E-state index contributed by atoms with van der Waals surface area (Å²) < 4.78 is 10.2. The lowest BCUT2D eigenvalue weighted by Gasteiger charge is -2.33. The quantitative estimate of drug-likeness (QED) is 0.710. The summed E-state index contributed by atoms with van der Waals surface area (Å²) in [6, 6.07) is -0.161. The molecule has 1 aromatic heterocycles. The van der Waals surface area contributed by atoms with Gasteiger partial charge in [0.05, 0.1) is 6.61 Å². The Morgan fingerprint density at radius 3 is 3.15 bits per heavy atom. The Kier molecular flexibility index (Phi) is 4.57. The second-order valence-corrected chi connectivity index (χ2v) is 4.26. The Morgan fingerprint density at radius 2 is 2.45 bits per heavy atom. The summed E-state index contributed by atoms with van der Waals surface area (Å²) in [5.41, 5.74) is 0.107. The second kappa shape index (κ2) is 6.38. The lowest BCUT2D eigenvalue weighted by atomic mass is 10.2. The fourth-order valence-electron chi connectivity index (χ4n) is 2.03. The molecule has 2 heterocycles. The highest BCUT2D eigenvalue weighted by Gasteiger charge is 2.31. The Balaban J connectivity index is 2.16. The number of anilines is 1. The van der Waals surface area contributed by atoms with Gasteiger partial charge < -0.3 is 24.7 Å². The lowest BCUT2D eigenvalue weighted by Crippen LogP contribution is -2.57. The van der Waals surface area contributed by atoms with Gasteiger partial charge in [0.25, 0.3) is 6.01 Å². The third-order valence-corrected chi connectivity index (χ3v) is 3.01. The first kappa shape index (κ1) is 14.3. The number of ether oxygens (including phenoxy) is 1. The van der Waals surface area contributed by atoms with Crippen molar-refractivity contribution in [2.75, 3.05) is 38.2 Å². The largest absolute Gasteiger partial charge is 0.461 e. The number of amides is 1. The topological polar surface area (TPSA) is 96.7 Å². The van der Waals surface area contributed by atoms with Crippen LogP contribution >= 0.6 is 0 Å². The zero-order valence-corrected chi connectivity index (χ0v) is 11.5. The Hall–Kier alpha value is -2.09. The molecule has 1 atom stereocenters. The van der Waals surface area contributed by atoms with Crippen molar-refractivity contribution in [3.05, 3.63) is 12.0 Å². The maximum Gasteiger partial charge on any atom is 0.360 e. The van der Waals surface area contributed by atoms with Gasteiger partial charge in [-0.15, -0.1) is 0 Å². The van der Waals surface area contributed by atoms with Crippen molar-refractivity contribution < 1.29 is 18.7 Å². The number of hydrogen-bond donors (Lipinski definition) is 2. The molecule has 0 bridgehead atoms. The van der Waals surface area contributed by atoms with Gasteiger partial charge in [0.2, 0.25) is 5.91 Å². The number of likely N-dealkylation sites (N-methyl/N-ethyl adjacent to an activating group) is 1. The lowest BCUT2D eigenvalue weighted by molar-refractivity contribution is -0.122. The van der Waals surface area contributed by atoms with Crippen molar-refractivity contribution in [3.63, 3.8) is 0 Å². The summed E-state index contributed by atoms with van der Waals surface area (Å²) in [7, 11) is 1.58. The summed E-state index contributed by atoms with van der Waals surface area (Å²) >= 11 is 0. The summed E-state index contributed by atoms with van der Waals surface area (Å²) in [5, 5.41) is 5.74. The highest BCUT2D eigenvalue weighted by molar-refractivity contribution is 5.88. The van der Waals surface area contributed by atoms with Crippen LogP contribution in [0.1, 0.15) is 17.4 Å². The third-order valence-electron chi connectivity index (χ3n) is 3.01. The van der Waals surface area contributed by atoms with Crippen molar-refractivity contribution in [1.29, 1.82) is 0 Å². The molecule has 1 unspecified atom stereocenters. The van der Waals surface area contributed by atoms with E-state index in [2.05, 4.69) is 15.6 Å². The van der Waals surface area contributed by atoms with E-state index in [1.807, 2.05) is 0 Å². The third kappa shape index (κ3) is 2.90. The molecule has 1 aliphatic heterocycles. The van der Waals surface area contributed by atoms with Crippen molar-refractivity contribution in [1.82, 2.24) is 15.6 Å². The molecule has 0 aromatic carbocycles. The van der Waals surface area contributed by atoms with Gasteiger partial charge in [0.15, 0.2) is 5.69 Å². The van der Waals surface area contributed by atoms with Gasteiger partial charge in [0, 0.05) is 26.7 Å². The smallest absolute Gasteiger partial charge is 0.360 e. The molecule has 0 aliphatic carbocycles. The molecule has 0 spiro atoms. The zero-order valence-electron chi connectivity index (χ0n) is 11.5. The maximum absolute atomic E-state index is 11.8. The van der Waals surface area contributed by atoms with Crippen LogP contribution in [0.2, 0.25) is 0 Å². The summed E-state index contributed by atoms with van der Waals surface area (Å²) in [6.07, 6.45) is 1.25. The highest BCUT2D eigenvalue weighted by Crippen LogP contribution is 2.18. The molecule has 1 fully saturated rings. The van der Waals surface area contributed by atoms with E-state index in [1.54, 1.807) is 18.9 Å². The summed E-state index contributed by atoms with van der Waals surface area (Å²) in [5.74, 6) is -0.665. The number of esters is 1. The van der Waals surface area contributed by atoms with Crippen LogP contribution in [0, 0.1) is 0 Å². The summed E-state index contributed by atoms with van der Waals surface area (Å²) in [6.45, 7) is 3.77. The average Bonchev–Trinajstić information content (AvgIpc) is 2.96. The second-order valence-electron chi connectivity index (χ2n) is 4.26. The molecule has 8 heteroatoms. The van der Waals surface area contributed by atoms with E-state index in [-0.39, 0.29) is 24.2 Å². The van der Waals surface area contributed by atoms with Gasteiger partial charge in [-0.3, -0.25) is 4.79 Å². The Bertz CT molecular complexity index is 488. The fourth-order valence-corrected chi connectivity index (χ4v) is 2.03. The number of rotatable bonds is 4. The molecule has 2 rings (SSSR count). The van der Waals surface area contributed by atoms with Crippen LogP contribution in [-0.2, 0) is 9.53 Å². The van der Waals surface area contributed by atoms with Crippen LogP contribution in [-0.4, -0.2) is 56.2 Å². The predicted octanol–water partition coefficient (Wildman–Crippen LogP) is -0.624. The van der Waals surface area contributed by atoms with Gasteiger partial charge in [0.1, 0.15) is 12.3 Å². The monoisotopic (exact) mass is 282 g/mol. The van der Waals surface area contributed by atoms with Gasteiger partial charge in [-0.2, -0.15) is 4.98 Å². The normalized spacial score (nSPS) is 18.7. The first-order valence-corrected chi connectivity index (χ1v) is 6.49. The Morgan fingerprint density at radius 1 is 1.65 bits per heavy atom. The van der Waals surface area contributed by atoms with Gasteiger partial charge in [-0.05, 0) is 6.92 Å². The molecular formula is C12H18N4O4. The van der Waals surface area contributed by atoms with E-state index < -0.39 is 12.0 Å². The molecule has 110 valence electrons. The predicted molar refractivity (Wildman–Crippen MR) is 70.5 cm³/mol. The van der Waals surface area contributed by atoms with E-state index in [0.717, 1.165) is 0 Å². The molecular weight excluding hydrogens is 264 g/mol. The van der Waals surface area contributed by atoms with Gasteiger partial charge in [-0.25, -0.2) is 4.79 Å². The number of carbonyl (C=O) groups is 2. The molecule has 20 heavy (non-hydrogen) atoms. The van der Waals surface area contributed by atoms with Crippen LogP contribution in [0.4, 0.5) is 6.01 Å². The molecule has 8 nitrogen and oxygen atoms in total. The van der Waals surface area contributed by atoms with Crippen LogP contribution in [0.15, 0.2) is 10.7 Å². The molecule has 1 amide bonds. The Labute approximate surface area is 116 Å². The number of nitrogens with zero attached hydrogens (tertiary/aromatic N) is 2. The standard InChI is InChI=1S/C12H18N4O4/c1-3-19-11(18)8-7-20-12(15-8)16-5-4-14-6-9(16)10(17)13-2/h7,9,14H,3-6H2,1-2H3,(H,13,17). The first-order valence-electron chi connectivity index (χ1n) is 6.49. The minimum atomic E-state index is -0.533. The number of nitrogens with one attached hydrogen (secondary N) is 2. The van der Waals surface area contributed by atoms with Crippen molar-refractivity contribution in [2.24, 2.45) is 0 Å². The van der Waals surface area contributed by atoms with Crippen LogP contribution in [0.5, 0.6) is 0 Å². The number of carbonyl (C=O) groups excluding carboxylic acids is 2. The molecule has 0 radical (unpaired) electrons. The average molecular weight is 282 g/mol. The van der Waals surface area contributed by atoms with Crippen molar-refractivity contribution in [2.45, 2.75) is 13.0 Å². The summed E-state index contributed by atoms with van der Waals surface area (Å²) in [4.78, 5) is 29.2. The molecule has 1 aliphatic rings. The maximum atomic E-state index is 11.8. The number of oxazole rings is 1.